The number of para-hydroxylation sites is 1. The first-order valence-electron chi connectivity index (χ1n) is 9.88. The first-order chi connectivity index (χ1) is 15.7. The average Bonchev–Trinajstić information content (AvgIpc) is 3.17. The molecule has 8 nitrogen and oxygen atoms in total. The monoisotopic (exact) mass is 459 g/mol. The maximum atomic E-state index is 12.6. The molecule has 3 amide bonds. The number of anilines is 1. The number of urea groups is 1. The molecule has 0 fully saturated rings. The fraction of sp³-hybridized carbons (Fsp3) is 0.227. The summed E-state index contributed by atoms with van der Waals surface area (Å²) in [6.07, 6.45) is -2.78. The van der Waals surface area contributed by atoms with Crippen molar-refractivity contribution >= 4 is 28.5 Å². The van der Waals surface area contributed by atoms with Crippen LogP contribution < -0.4 is 20.7 Å². The van der Waals surface area contributed by atoms with E-state index < -0.39 is 30.1 Å². The Bertz CT molecular complexity index is 1150. The maximum Gasteiger partial charge on any atom is 0.573 e. The number of hydrogen-bond acceptors (Lipinski definition) is 4. The Hall–Kier alpha value is -4.20. The number of H-pyrrole nitrogens is 1. The predicted octanol–water partition coefficient (Wildman–Crippen LogP) is 3.83. The first-order valence-corrected chi connectivity index (χ1v) is 9.88. The van der Waals surface area contributed by atoms with Crippen molar-refractivity contribution in [3.63, 3.8) is 0 Å². The number of nitrogens with one attached hydrogen (secondary N) is 4. The molecule has 0 saturated carbocycles. The van der Waals surface area contributed by atoms with Crippen LogP contribution in [0.3, 0.4) is 0 Å². The SMILES string of the molecule is N#CCCNC(=O)C(Cc1c[nH]c2ccccc12)NC(=O)Nc1ccc(OC(F)(F)F)cc1. The number of benzene rings is 2. The van der Waals surface area contributed by atoms with Gasteiger partial charge in [0.2, 0.25) is 5.91 Å². The summed E-state index contributed by atoms with van der Waals surface area (Å²) in [4.78, 5) is 28.2. The van der Waals surface area contributed by atoms with Gasteiger partial charge >= 0.3 is 12.4 Å². The van der Waals surface area contributed by atoms with E-state index in [2.05, 4.69) is 25.7 Å². The summed E-state index contributed by atoms with van der Waals surface area (Å²) in [6.45, 7) is 0.129. The lowest BCUT2D eigenvalue weighted by atomic mass is 10.0. The van der Waals surface area contributed by atoms with Gasteiger partial charge in [-0.05, 0) is 35.9 Å². The zero-order valence-electron chi connectivity index (χ0n) is 17.2. The van der Waals surface area contributed by atoms with E-state index in [0.29, 0.717) is 0 Å². The highest BCUT2D eigenvalue weighted by atomic mass is 19.4. The van der Waals surface area contributed by atoms with Gasteiger partial charge in [-0.3, -0.25) is 4.79 Å². The van der Waals surface area contributed by atoms with Crippen LogP contribution in [-0.4, -0.2) is 35.9 Å². The van der Waals surface area contributed by atoms with E-state index in [4.69, 9.17) is 5.26 Å². The Labute approximate surface area is 186 Å². The topological polar surface area (TPSA) is 119 Å². The molecule has 0 radical (unpaired) electrons. The van der Waals surface area contributed by atoms with Crippen molar-refractivity contribution in [3.8, 4) is 11.8 Å². The van der Waals surface area contributed by atoms with Gasteiger partial charge in [-0.2, -0.15) is 5.26 Å². The largest absolute Gasteiger partial charge is 0.573 e. The van der Waals surface area contributed by atoms with Gasteiger partial charge in [0.1, 0.15) is 11.8 Å². The summed E-state index contributed by atoms with van der Waals surface area (Å²) in [5.41, 5.74) is 1.89. The smallest absolute Gasteiger partial charge is 0.406 e. The summed E-state index contributed by atoms with van der Waals surface area (Å²) in [5, 5.41) is 17.2. The molecule has 1 heterocycles. The second-order valence-electron chi connectivity index (χ2n) is 6.99. The number of amides is 3. The Morgan fingerprint density at radius 1 is 1.12 bits per heavy atom. The summed E-state index contributed by atoms with van der Waals surface area (Å²) in [6, 6.07) is 12.3. The van der Waals surface area contributed by atoms with Gasteiger partial charge in [-0.1, -0.05) is 18.2 Å². The molecule has 0 spiro atoms. The van der Waals surface area contributed by atoms with Crippen molar-refractivity contribution in [3.05, 3.63) is 60.3 Å². The summed E-state index contributed by atoms with van der Waals surface area (Å²) in [7, 11) is 0. The van der Waals surface area contributed by atoms with E-state index in [9.17, 15) is 22.8 Å². The third-order valence-corrected chi connectivity index (χ3v) is 4.60. The molecule has 0 saturated heterocycles. The molecule has 3 rings (SSSR count). The number of fused-ring (bicyclic) bond motifs is 1. The minimum Gasteiger partial charge on any atom is -0.406 e. The normalized spacial score (nSPS) is 11.9. The Morgan fingerprint density at radius 2 is 1.85 bits per heavy atom. The number of halogens is 3. The zero-order chi connectivity index (χ0) is 23.8. The Balaban J connectivity index is 1.69. The molecular formula is C22H20F3N5O3. The van der Waals surface area contributed by atoms with E-state index in [1.54, 1.807) is 6.20 Å². The molecular weight excluding hydrogens is 439 g/mol. The highest BCUT2D eigenvalue weighted by molar-refractivity contribution is 5.94. The summed E-state index contributed by atoms with van der Waals surface area (Å²) >= 11 is 0. The highest BCUT2D eigenvalue weighted by Crippen LogP contribution is 2.24. The van der Waals surface area contributed by atoms with E-state index >= 15 is 0 Å². The first kappa shape index (κ1) is 23.5. The van der Waals surface area contributed by atoms with Crippen molar-refractivity contribution < 1.29 is 27.5 Å². The third kappa shape index (κ3) is 6.90. The third-order valence-electron chi connectivity index (χ3n) is 4.60. The van der Waals surface area contributed by atoms with Crippen LogP contribution >= 0.6 is 0 Å². The molecule has 0 bridgehead atoms. The van der Waals surface area contributed by atoms with E-state index in [1.165, 1.54) is 12.1 Å². The molecule has 1 aromatic heterocycles. The molecule has 172 valence electrons. The van der Waals surface area contributed by atoms with Gasteiger partial charge in [-0.25, -0.2) is 4.79 Å². The number of carbonyl (C=O) groups excluding carboxylic acids is 2. The van der Waals surface area contributed by atoms with Crippen molar-refractivity contribution in [1.29, 1.82) is 5.26 Å². The van der Waals surface area contributed by atoms with E-state index in [-0.39, 0.29) is 25.1 Å². The average molecular weight is 459 g/mol. The van der Waals surface area contributed by atoms with Gasteiger partial charge < -0.3 is 25.7 Å². The molecule has 2 aromatic carbocycles. The Morgan fingerprint density at radius 3 is 2.55 bits per heavy atom. The quantitative estimate of drug-likeness (QED) is 0.383. The van der Waals surface area contributed by atoms with Gasteiger partial charge in [0.05, 0.1) is 12.5 Å². The zero-order valence-corrected chi connectivity index (χ0v) is 17.2. The van der Waals surface area contributed by atoms with Gasteiger partial charge in [0, 0.05) is 35.8 Å². The lowest BCUT2D eigenvalue weighted by Crippen LogP contribution is -2.49. The molecule has 1 unspecified atom stereocenters. The van der Waals surface area contributed by atoms with Crippen LogP contribution in [0.2, 0.25) is 0 Å². The lowest BCUT2D eigenvalue weighted by molar-refractivity contribution is -0.274. The van der Waals surface area contributed by atoms with Gasteiger partial charge in [0.25, 0.3) is 0 Å². The summed E-state index contributed by atoms with van der Waals surface area (Å²) in [5.74, 6) is -0.901. The number of nitriles is 1. The minimum absolute atomic E-state index is 0.115. The number of alkyl halides is 3. The van der Waals surface area contributed by atoms with E-state index in [1.807, 2.05) is 30.3 Å². The van der Waals surface area contributed by atoms with E-state index in [0.717, 1.165) is 28.6 Å². The molecule has 0 aliphatic rings. The Kier molecular flexibility index (Phi) is 7.40. The summed E-state index contributed by atoms with van der Waals surface area (Å²) < 4.78 is 40.6. The van der Waals surface area contributed by atoms with Crippen molar-refractivity contribution in [2.75, 3.05) is 11.9 Å². The van der Waals surface area contributed by atoms with Crippen LogP contribution in [0, 0.1) is 11.3 Å². The second-order valence-corrected chi connectivity index (χ2v) is 6.99. The van der Waals surface area contributed by atoms with Gasteiger partial charge in [0.15, 0.2) is 0 Å². The molecule has 3 aromatic rings. The fourth-order valence-electron chi connectivity index (χ4n) is 3.16. The fourth-order valence-corrected chi connectivity index (χ4v) is 3.16. The number of hydrogen-bond donors (Lipinski definition) is 4. The van der Waals surface area contributed by atoms with Crippen LogP contribution in [0.25, 0.3) is 10.9 Å². The molecule has 33 heavy (non-hydrogen) atoms. The molecule has 1 atom stereocenters. The number of carbonyl (C=O) groups is 2. The van der Waals surface area contributed by atoms with Crippen LogP contribution in [0.15, 0.2) is 54.7 Å². The van der Waals surface area contributed by atoms with Crippen molar-refractivity contribution in [1.82, 2.24) is 15.6 Å². The number of nitrogens with zero attached hydrogens (tertiary/aromatic N) is 1. The number of aromatic amines is 1. The van der Waals surface area contributed by atoms with Crippen molar-refractivity contribution in [2.45, 2.75) is 25.2 Å². The molecule has 0 aliphatic heterocycles. The molecule has 4 N–H and O–H groups in total. The van der Waals surface area contributed by atoms with Crippen LogP contribution in [0.5, 0.6) is 5.75 Å². The minimum atomic E-state index is -4.82. The number of rotatable bonds is 8. The highest BCUT2D eigenvalue weighted by Gasteiger charge is 2.31. The standard InChI is InChI=1S/C22H20F3N5O3/c23-22(24,25)33-16-8-6-15(7-9-16)29-21(32)30-19(20(31)27-11-3-10-26)12-14-13-28-18-5-2-1-4-17(14)18/h1-2,4-9,13,19,28H,3,11-12H2,(H,27,31)(H2,29,30,32). The second kappa shape index (κ2) is 10.4. The molecule has 11 heteroatoms. The molecule has 0 aliphatic carbocycles. The van der Waals surface area contributed by atoms with Crippen LogP contribution in [0.4, 0.5) is 23.7 Å². The van der Waals surface area contributed by atoms with Crippen LogP contribution in [-0.2, 0) is 11.2 Å². The van der Waals surface area contributed by atoms with Crippen LogP contribution in [0.1, 0.15) is 12.0 Å². The number of ether oxygens (including phenoxy) is 1. The van der Waals surface area contributed by atoms with Crippen molar-refractivity contribution in [2.24, 2.45) is 0 Å². The number of aromatic nitrogens is 1. The predicted molar refractivity (Wildman–Crippen MR) is 114 cm³/mol. The van der Waals surface area contributed by atoms with Gasteiger partial charge in [-0.15, -0.1) is 13.2 Å². The maximum absolute atomic E-state index is 12.6. The lowest BCUT2D eigenvalue weighted by Gasteiger charge is -2.19.